The smallest absolute Gasteiger partial charge is 0.279 e. The van der Waals surface area contributed by atoms with E-state index in [1.54, 1.807) is 6.07 Å². The topological polar surface area (TPSA) is 20.2 Å². The summed E-state index contributed by atoms with van der Waals surface area (Å²) in [5, 5.41) is 9.24. The summed E-state index contributed by atoms with van der Waals surface area (Å²) in [6.45, 7) is 0. The third kappa shape index (κ3) is 1.39. The van der Waals surface area contributed by atoms with Gasteiger partial charge < -0.3 is 5.11 Å². The van der Waals surface area contributed by atoms with Crippen LogP contribution in [0.5, 0.6) is 5.75 Å². The molecule has 2 rings (SSSR count). The van der Waals surface area contributed by atoms with E-state index >= 15 is 0 Å². The lowest BCUT2D eigenvalue weighted by atomic mass is 10.0. The van der Waals surface area contributed by atoms with Crippen molar-refractivity contribution < 1.29 is 13.9 Å². The quantitative estimate of drug-likeness (QED) is 0.749. The van der Waals surface area contributed by atoms with E-state index in [1.807, 2.05) is 0 Å². The predicted molar refractivity (Wildman–Crippen MR) is 44.7 cm³/mol. The van der Waals surface area contributed by atoms with Crippen molar-refractivity contribution in [1.29, 1.82) is 0 Å². The van der Waals surface area contributed by atoms with Gasteiger partial charge in [-0.25, -0.2) is 8.78 Å². The first kappa shape index (κ1) is 8.48. The van der Waals surface area contributed by atoms with Gasteiger partial charge in [0.2, 0.25) is 0 Å². The number of rotatable bonds is 2. The standard InChI is InChI=1S/C10H10F2O/c11-10(12,7-5-6-7)8-3-1-2-4-9(8)13/h1-4,7,13H,5-6H2. The van der Waals surface area contributed by atoms with Gasteiger partial charge in [0.1, 0.15) is 5.75 Å². The molecule has 1 nitrogen and oxygen atoms in total. The van der Waals surface area contributed by atoms with Gasteiger partial charge in [0.15, 0.2) is 0 Å². The lowest BCUT2D eigenvalue weighted by Crippen LogP contribution is -2.15. The predicted octanol–water partition coefficient (Wildman–Crippen LogP) is 2.89. The van der Waals surface area contributed by atoms with E-state index in [4.69, 9.17) is 0 Å². The summed E-state index contributed by atoms with van der Waals surface area (Å²) in [7, 11) is 0. The highest BCUT2D eigenvalue weighted by molar-refractivity contribution is 5.36. The molecule has 0 atom stereocenters. The van der Waals surface area contributed by atoms with Gasteiger partial charge in [-0.05, 0) is 25.0 Å². The van der Waals surface area contributed by atoms with Crippen LogP contribution in [-0.2, 0) is 5.92 Å². The first-order chi connectivity index (χ1) is 6.12. The molecule has 0 aromatic heterocycles. The first-order valence-electron chi connectivity index (χ1n) is 4.28. The molecule has 70 valence electrons. The van der Waals surface area contributed by atoms with Crippen LogP contribution in [0.2, 0.25) is 0 Å². The number of phenolic OH excluding ortho intramolecular Hbond substituents is 1. The number of para-hydroxylation sites is 1. The van der Waals surface area contributed by atoms with Crippen LogP contribution >= 0.6 is 0 Å². The summed E-state index contributed by atoms with van der Waals surface area (Å²) >= 11 is 0. The Hall–Kier alpha value is -1.12. The number of aromatic hydroxyl groups is 1. The molecule has 0 aliphatic heterocycles. The van der Waals surface area contributed by atoms with E-state index in [1.165, 1.54) is 18.2 Å². The fraction of sp³-hybridized carbons (Fsp3) is 0.400. The molecule has 1 fully saturated rings. The number of benzene rings is 1. The van der Waals surface area contributed by atoms with Crippen molar-refractivity contribution in [1.82, 2.24) is 0 Å². The van der Waals surface area contributed by atoms with E-state index in [2.05, 4.69) is 0 Å². The molecule has 0 spiro atoms. The van der Waals surface area contributed by atoms with Gasteiger partial charge in [0.05, 0.1) is 5.56 Å². The zero-order valence-corrected chi connectivity index (χ0v) is 7.00. The number of alkyl halides is 2. The molecule has 1 saturated carbocycles. The van der Waals surface area contributed by atoms with E-state index in [9.17, 15) is 13.9 Å². The fourth-order valence-electron chi connectivity index (χ4n) is 1.42. The number of hydrogen-bond acceptors (Lipinski definition) is 1. The van der Waals surface area contributed by atoms with Crippen molar-refractivity contribution in [3.05, 3.63) is 29.8 Å². The SMILES string of the molecule is Oc1ccccc1C(F)(F)C1CC1. The second-order valence-corrected chi connectivity index (χ2v) is 3.41. The Morgan fingerprint density at radius 2 is 1.85 bits per heavy atom. The van der Waals surface area contributed by atoms with Gasteiger partial charge in [-0.1, -0.05) is 12.1 Å². The Bertz CT molecular complexity index is 318. The van der Waals surface area contributed by atoms with Gasteiger partial charge in [-0.3, -0.25) is 0 Å². The maximum absolute atomic E-state index is 13.4. The lowest BCUT2D eigenvalue weighted by Gasteiger charge is -2.16. The van der Waals surface area contributed by atoms with Crippen LogP contribution in [0.15, 0.2) is 24.3 Å². The summed E-state index contributed by atoms with van der Waals surface area (Å²) in [4.78, 5) is 0. The van der Waals surface area contributed by atoms with Crippen molar-refractivity contribution in [3.63, 3.8) is 0 Å². The molecule has 0 unspecified atom stereocenters. The Morgan fingerprint density at radius 3 is 2.38 bits per heavy atom. The summed E-state index contributed by atoms with van der Waals surface area (Å²) in [6.07, 6.45) is 1.11. The molecule has 13 heavy (non-hydrogen) atoms. The average Bonchev–Trinajstić information content (AvgIpc) is 2.86. The van der Waals surface area contributed by atoms with Crippen LogP contribution in [0, 0.1) is 5.92 Å². The van der Waals surface area contributed by atoms with E-state index < -0.39 is 11.8 Å². The van der Waals surface area contributed by atoms with Crippen LogP contribution in [0.25, 0.3) is 0 Å². The van der Waals surface area contributed by atoms with Gasteiger partial charge in [-0.15, -0.1) is 0 Å². The molecule has 0 amide bonds. The molecule has 0 radical (unpaired) electrons. The minimum Gasteiger partial charge on any atom is -0.507 e. The van der Waals surface area contributed by atoms with Crippen molar-refractivity contribution >= 4 is 0 Å². The van der Waals surface area contributed by atoms with Gasteiger partial charge in [0.25, 0.3) is 5.92 Å². The summed E-state index contributed by atoms with van der Waals surface area (Å²) in [6, 6.07) is 5.65. The molecular formula is C10H10F2O. The zero-order chi connectivity index (χ0) is 9.47. The van der Waals surface area contributed by atoms with Gasteiger partial charge in [0, 0.05) is 5.92 Å². The summed E-state index contributed by atoms with van der Waals surface area (Å²) in [5.41, 5.74) is -0.238. The van der Waals surface area contributed by atoms with E-state index in [-0.39, 0.29) is 11.3 Å². The highest BCUT2D eigenvalue weighted by Crippen LogP contribution is 2.51. The number of phenols is 1. The van der Waals surface area contributed by atoms with Crippen LogP contribution < -0.4 is 0 Å². The van der Waals surface area contributed by atoms with E-state index in [0.29, 0.717) is 12.8 Å². The van der Waals surface area contributed by atoms with Crippen molar-refractivity contribution in [2.75, 3.05) is 0 Å². The maximum atomic E-state index is 13.4. The highest BCUT2D eigenvalue weighted by atomic mass is 19.3. The third-order valence-corrected chi connectivity index (χ3v) is 2.35. The molecule has 1 N–H and O–H groups in total. The van der Waals surface area contributed by atoms with Crippen molar-refractivity contribution in [3.8, 4) is 5.75 Å². The number of halogens is 2. The summed E-state index contributed by atoms with van der Waals surface area (Å²) < 4.78 is 26.9. The largest absolute Gasteiger partial charge is 0.507 e. The summed E-state index contributed by atoms with van der Waals surface area (Å²) in [5.74, 6) is -3.73. The molecule has 1 aromatic carbocycles. The second kappa shape index (κ2) is 2.69. The second-order valence-electron chi connectivity index (χ2n) is 3.41. The van der Waals surface area contributed by atoms with Gasteiger partial charge >= 0.3 is 0 Å². The van der Waals surface area contributed by atoms with Crippen LogP contribution in [-0.4, -0.2) is 5.11 Å². The van der Waals surface area contributed by atoms with Crippen LogP contribution in [0.1, 0.15) is 18.4 Å². The number of hydrogen-bond donors (Lipinski definition) is 1. The molecule has 1 aliphatic rings. The molecule has 3 heteroatoms. The Kier molecular flexibility index (Phi) is 1.75. The monoisotopic (exact) mass is 184 g/mol. The Morgan fingerprint density at radius 1 is 1.23 bits per heavy atom. The average molecular weight is 184 g/mol. The minimum absolute atomic E-state index is 0.238. The highest BCUT2D eigenvalue weighted by Gasteiger charge is 2.49. The Balaban J connectivity index is 2.38. The first-order valence-corrected chi connectivity index (χ1v) is 4.28. The Labute approximate surface area is 75.0 Å². The third-order valence-electron chi connectivity index (χ3n) is 2.35. The van der Waals surface area contributed by atoms with Crippen molar-refractivity contribution in [2.45, 2.75) is 18.8 Å². The van der Waals surface area contributed by atoms with Crippen LogP contribution in [0.4, 0.5) is 8.78 Å². The molecule has 0 saturated heterocycles. The maximum Gasteiger partial charge on any atom is 0.279 e. The normalized spacial score (nSPS) is 17.4. The lowest BCUT2D eigenvalue weighted by molar-refractivity contribution is -0.0304. The zero-order valence-electron chi connectivity index (χ0n) is 7.00. The fourth-order valence-corrected chi connectivity index (χ4v) is 1.42. The minimum atomic E-state index is -2.86. The molecule has 1 aromatic rings. The van der Waals surface area contributed by atoms with Gasteiger partial charge in [-0.2, -0.15) is 0 Å². The molecular weight excluding hydrogens is 174 g/mol. The van der Waals surface area contributed by atoms with Crippen LogP contribution in [0.3, 0.4) is 0 Å². The molecule has 1 aliphatic carbocycles. The molecule has 0 heterocycles. The van der Waals surface area contributed by atoms with Crippen molar-refractivity contribution in [2.24, 2.45) is 5.92 Å². The molecule has 0 bridgehead atoms. The van der Waals surface area contributed by atoms with E-state index in [0.717, 1.165) is 0 Å².